The van der Waals surface area contributed by atoms with Crippen molar-refractivity contribution in [1.29, 1.82) is 0 Å². The predicted octanol–water partition coefficient (Wildman–Crippen LogP) is 2.03. The molecule has 1 atom stereocenters. The number of carbonyl (C=O) groups is 2. The van der Waals surface area contributed by atoms with E-state index in [9.17, 15) is 9.59 Å². The quantitative estimate of drug-likeness (QED) is 0.914. The Bertz CT molecular complexity index is 494. The first-order valence-electron chi connectivity index (χ1n) is 6.79. The second kappa shape index (κ2) is 6.52. The number of carbonyl (C=O) groups excluding carboxylic acids is 1. The number of ether oxygens (including phenoxy) is 1. The second-order valence-corrected chi connectivity index (χ2v) is 5.02. The summed E-state index contributed by atoms with van der Waals surface area (Å²) in [5, 5.41) is 9.12. The van der Waals surface area contributed by atoms with E-state index in [1.807, 2.05) is 0 Å². The molecular weight excluding hydrogens is 258 g/mol. The standard InChI is InChI=1S/C15H19NO4/c1-16(10-11-6-4-5-9-20-11)14(17)12-7-2-3-8-13(12)15(18)19/h2-3,7-8,11H,4-6,9-10H2,1H3,(H,18,19). The van der Waals surface area contributed by atoms with Crippen LogP contribution in [0.5, 0.6) is 0 Å². The fourth-order valence-electron chi connectivity index (χ4n) is 2.40. The lowest BCUT2D eigenvalue weighted by Crippen LogP contribution is -2.37. The first-order valence-corrected chi connectivity index (χ1v) is 6.79. The number of hydrogen-bond donors (Lipinski definition) is 1. The highest BCUT2D eigenvalue weighted by Gasteiger charge is 2.22. The van der Waals surface area contributed by atoms with Crippen LogP contribution in [0.1, 0.15) is 40.0 Å². The molecule has 1 heterocycles. The number of benzene rings is 1. The van der Waals surface area contributed by atoms with E-state index in [2.05, 4.69) is 0 Å². The molecule has 5 heteroatoms. The summed E-state index contributed by atoms with van der Waals surface area (Å²) in [6, 6.07) is 6.28. The SMILES string of the molecule is CN(CC1CCCCO1)C(=O)c1ccccc1C(=O)O. The first-order chi connectivity index (χ1) is 9.59. The molecule has 1 unspecified atom stereocenters. The topological polar surface area (TPSA) is 66.8 Å². The molecule has 5 nitrogen and oxygen atoms in total. The molecule has 1 aliphatic heterocycles. The van der Waals surface area contributed by atoms with Crippen molar-refractivity contribution in [3.05, 3.63) is 35.4 Å². The van der Waals surface area contributed by atoms with E-state index < -0.39 is 5.97 Å². The minimum absolute atomic E-state index is 0.0360. The zero-order valence-electron chi connectivity index (χ0n) is 11.5. The van der Waals surface area contributed by atoms with Gasteiger partial charge >= 0.3 is 5.97 Å². The van der Waals surface area contributed by atoms with Gasteiger partial charge < -0.3 is 14.7 Å². The summed E-state index contributed by atoms with van der Waals surface area (Å²) in [5.74, 6) is -1.37. The summed E-state index contributed by atoms with van der Waals surface area (Å²) in [5.41, 5.74) is 0.257. The third kappa shape index (κ3) is 3.36. The maximum atomic E-state index is 12.4. The molecule has 1 fully saturated rings. The van der Waals surface area contributed by atoms with Gasteiger partial charge in [-0.3, -0.25) is 4.79 Å². The summed E-state index contributed by atoms with van der Waals surface area (Å²) >= 11 is 0. The van der Waals surface area contributed by atoms with Crippen molar-refractivity contribution in [3.63, 3.8) is 0 Å². The van der Waals surface area contributed by atoms with Gasteiger partial charge in [0, 0.05) is 20.2 Å². The smallest absolute Gasteiger partial charge is 0.336 e. The number of amides is 1. The van der Waals surface area contributed by atoms with E-state index >= 15 is 0 Å². The maximum Gasteiger partial charge on any atom is 0.336 e. The Morgan fingerprint density at radius 3 is 2.60 bits per heavy atom. The number of likely N-dealkylation sites (N-methyl/N-ethyl adjacent to an activating group) is 1. The minimum Gasteiger partial charge on any atom is -0.478 e. The number of carboxylic acid groups (broad SMARTS) is 1. The predicted molar refractivity (Wildman–Crippen MR) is 74.0 cm³/mol. The van der Waals surface area contributed by atoms with Crippen LogP contribution in [0, 0.1) is 0 Å². The fourth-order valence-corrected chi connectivity index (χ4v) is 2.40. The molecule has 0 aromatic heterocycles. The normalized spacial score (nSPS) is 18.6. The van der Waals surface area contributed by atoms with Crippen molar-refractivity contribution in [3.8, 4) is 0 Å². The Balaban J connectivity index is 2.08. The highest BCUT2D eigenvalue weighted by atomic mass is 16.5. The van der Waals surface area contributed by atoms with E-state index in [1.54, 1.807) is 25.2 Å². The van der Waals surface area contributed by atoms with Gasteiger partial charge in [0.05, 0.1) is 17.2 Å². The molecule has 2 rings (SSSR count). The van der Waals surface area contributed by atoms with Crippen LogP contribution >= 0.6 is 0 Å². The number of hydrogen-bond acceptors (Lipinski definition) is 3. The maximum absolute atomic E-state index is 12.4. The highest BCUT2D eigenvalue weighted by Crippen LogP contribution is 2.16. The molecule has 1 saturated heterocycles. The summed E-state index contributed by atoms with van der Waals surface area (Å²) in [4.78, 5) is 25.0. The van der Waals surface area contributed by atoms with Crippen molar-refractivity contribution in [2.75, 3.05) is 20.2 Å². The second-order valence-electron chi connectivity index (χ2n) is 5.02. The van der Waals surface area contributed by atoms with Crippen molar-refractivity contribution < 1.29 is 19.4 Å². The average molecular weight is 277 g/mol. The molecule has 0 bridgehead atoms. The van der Waals surface area contributed by atoms with Crippen molar-refractivity contribution in [1.82, 2.24) is 4.90 Å². The van der Waals surface area contributed by atoms with Gasteiger partial charge in [0.15, 0.2) is 0 Å². The molecular formula is C15H19NO4. The number of nitrogens with zero attached hydrogens (tertiary/aromatic N) is 1. The van der Waals surface area contributed by atoms with Crippen LogP contribution in [0.2, 0.25) is 0 Å². The molecule has 0 aliphatic carbocycles. The average Bonchev–Trinajstić information content (AvgIpc) is 2.47. The van der Waals surface area contributed by atoms with Crippen LogP contribution in [0.4, 0.5) is 0 Å². The van der Waals surface area contributed by atoms with E-state index in [0.717, 1.165) is 25.9 Å². The Hall–Kier alpha value is -1.88. The van der Waals surface area contributed by atoms with Gasteiger partial charge in [-0.05, 0) is 31.4 Å². The number of carboxylic acids is 1. The summed E-state index contributed by atoms with van der Waals surface area (Å²) in [7, 11) is 1.68. The Morgan fingerprint density at radius 2 is 2.00 bits per heavy atom. The van der Waals surface area contributed by atoms with Crippen molar-refractivity contribution in [2.24, 2.45) is 0 Å². The van der Waals surface area contributed by atoms with Crippen molar-refractivity contribution in [2.45, 2.75) is 25.4 Å². The molecule has 0 saturated carbocycles. The monoisotopic (exact) mass is 277 g/mol. The van der Waals surface area contributed by atoms with Gasteiger partial charge in [-0.2, -0.15) is 0 Å². The summed E-state index contributed by atoms with van der Waals surface area (Å²) < 4.78 is 5.60. The van der Waals surface area contributed by atoms with Crippen LogP contribution < -0.4 is 0 Å². The molecule has 1 aromatic carbocycles. The van der Waals surface area contributed by atoms with E-state index in [1.165, 1.54) is 11.0 Å². The van der Waals surface area contributed by atoms with Crippen LogP contribution in [0.25, 0.3) is 0 Å². The molecule has 1 N–H and O–H groups in total. The van der Waals surface area contributed by atoms with Gasteiger partial charge in [-0.1, -0.05) is 12.1 Å². The highest BCUT2D eigenvalue weighted by molar-refractivity contribution is 6.04. The summed E-state index contributed by atoms with van der Waals surface area (Å²) in [6.07, 6.45) is 3.17. The zero-order chi connectivity index (χ0) is 14.5. The van der Waals surface area contributed by atoms with E-state index in [4.69, 9.17) is 9.84 Å². The Kier molecular flexibility index (Phi) is 4.74. The molecule has 1 amide bonds. The third-order valence-electron chi connectivity index (χ3n) is 3.49. The lowest BCUT2D eigenvalue weighted by Gasteiger charge is -2.27. The van der Waals surface area contributed by atoms with Gasteiger partial charge in [-0.25, -0.2) is 4.79 Å². The number of rotatable bonds is 4. The van der Waals surface area contributed by atoms with Crippen LogP contribution in [-0.2, 0) is 4.74 Å². The Morgan fingerprint density at radius 1 is 1.30 bits per heavy atom. The zero-order valence-corrected chi connectivity index (χ0v) is 11.5. The van der Waals surface area contributed by atoms with Crippen LogP contribution in [-0.4, -0.2) is 48.2 Å². The number of aromatic carboxylic acids is 1. The molecule has 20 heavy (non-hydrogen) atoms. The van der Waals surface area contributed by atoms with Crippen molar-refractivity contribution >= 4 is 11.9 Å². The van der Waals surface area contributed by atoms with Gasteiger partial charge in [0.1, 0.15) is 0 Å². The molecule has 0 radical (unpaired) electrons. The lowest BCUT2D eigenvalue weighted by atomic mass is 10.1. The van der Waals surface area contributed by atoms with Gasteiger partial charge in [0.2, 0.25) is 0 Å². The van der Waals surface area contributed by atoms with Crippen LogP contribution in [0.3, 0.4) is 0 Å². The van der Waals surface area contributed by atoms with Gasteiger partial charge in [-0.15, -0.1) is 0 Å². The molecule has 1 aromatic rings. The molecule has 0 spiro atoms. The fraction of sp³-hybridized carbons (Fsp3) is 0.467. The lowest BCUT2D eigenvalue weighted by molar-refractivity contribution is -0.000215. The third-order valence-corrected chi connectivity index (χ3v) is 3.49. The molecule has 108 valence electrons. The van der Waals surface area contributed by atoms with Crippen LogP contribution in [0.15, 0.2) is 24.3 Å². The van der Waals surface area contributed by atoms with E-state index in [-0.39, 0.29) is 23.1 Å². The summed E-state index contributed by atoms with van der Waals surface area (Å²) in [6.45, 7) is 1.23. The molecule has 1 aliphatic rings. The first kappa shape index (κ1) is 14.5. The van der Waals surface area contributed by atoms with Gasteiger partial charge in [0.25, 0.3) is 5.91 Å². The Labute approximate surface area is 118 Å². The van der Waals surface area contributed by atoms with E-state index in [0.29, 0.717) is 6.54 Å². The minimum atomic E-state index is -1.09. The largest absolute Gasteiger partial charge is 0.478 e.